The fraction of sp³-hybridized carbons (Fsp3) is 0.724. The molecular weight excluding hydrogens is 467 g/mol. The van der Waals surface area contributed by atoms with Crippen LogP contribution in [0, 0.1) is 5.92 Å². The van der Waals surface area contributed by atoms with E-state index in [4.69, 9.17) is 4.74 Å². The molecule has 0 aliphatic carbocycles. The van der Waals surface area contributed by atoms with Crippen LogP contribution in [-0.2, 0) is 15.7 Å². The first kappa shape index (κ1) is 32.0. The number of alkyl halides is 3. The summed E-state index contributed by atoms with van der Waals surface area (Å²) in [4.78, 5) is 25.1. The van der Waals surface area contributed by atoms with Gasteiger partial charge in [-0.15, -0.1) is 0 Å². The van der Waals surface area contributed by atoms with Gasteiger partial charge in [-0.05, 0) is 43.0 Å². The van der Waals surface area contributed by atoms with Crippen molar-refractivity contribution in [1.29, 1.82) is 0 Å². The van der Waals surface area contributed by atoms with Crippen molar-refractivity contribution in [1.82, 2.24) is 5.32 Å². The van der Waals surface area contributed by atoms with E-state index in [0.717, 1.165) is 43.5 Å². The highest BCUT2D eigenvalue weighted by molar-refractivity contribution is 5.96. The van der Waals surface area contributed by atoms with E-state index in [1.807, 2.05) is 13.8 Å². The molecular formula is C29H46F3NO3. The van der Waals surface area contributed by atoms with E-state index in [1.54, 1.807) is 0 Å². The zero-order valence-electron chi connectivity index (χ0n) is 22.4. The number of unbranched alkanes of at least 4 members (excludes halogenated alkanes) is 12. The summed E-state index contributed by atoms with van der Waals surface area (Å²) in [5, 5.41) is 2.63. The van der Waals surface area contributed by atoms with Crippen molar-refractivity contribution in [3.8, 4) is 0 Å². The van der Waals surface area contributed by atoms with Crippen LogP contribution >= 0.6 is 0 Å². The third-order valence-corrected chi connectivity index (χ3v) is 6.26. The topological polar surface area (TPSA) is 55.4 Å². The first-order valence-corrected chi connectivity index (χ1v) is 13.8. The Labute approximate surface area is 215 Å². The monoisotopic (exact) mass is 513 g/mol. The highest BCUT2D eigenvalue weighted by Crippen LogP contribution is 2.29. The molecule has 1 aromatic carbocycles. The van der Waals surface area contributed by atoms with Crippen LogP contribution in [0.1, 0.15) is 127 Å². The fourth-order valence-electron chi connectivity index (χ4n) is 4.13. The smallest absolute Gasteiger partial charge is 0.416 e. The highest BCUT2D eigenvalue weighted by atomic mass is 19.4. The fourth-order valence-corrected chi connectivity index (χ4v) is 4.13. The van der Waals surface area contributed by atoms with Crippen molar-refractivity contribution in [2.75, 3.05) is 6.61 Å². The Hall–Kier alpha value is -2.05. The predicted molar refractivity (Wildman–Crippen MR) is 139 cm³/mol. The van der Waals surface area contributed by atoms with Crippen LogP contribution < -0.4 is 5.32 Å². The molecule has 0 aromatic heterocycles. The summed E-state index contributed by atoms with van der Waals surface area (Å²) < 4.78 is 43.6. The Balaban J connectivity index is 2.27. The van der Waals surface area contributed by atoms with Crippen molar-refractivity contribution < 1.29 is 27.5 Å². The van der Waals surface area contributed by atoms with Crippen LogP contribution in [0.2, 0.25) is 0 Å². The molecule has 1 amide bonds. The van der Waals surface area contributed by atoms with Crippen molar-refractivity contribution >= 4 is 11.9 Å². The molecule has 0 fully saturated rings. The van der Waals surface area contributed by atoms with E-state index in [9.17, 15) is 22.8 Å². The number of carbonyl (C=O) groups excluding carboxylic acids is 2. The Kier molecular flexibility index (Phi) is 16.2. The van der Waals surface area contributed by atoms with Gasteiger partial charge in [0, 0.05) is 5.56 Å². The van der Waals surface area contributed by atoms with Gasteiger partial charge >= 0.3 is 12.1 Å². The summed E-state index contributed by atoms with van der Waals surface area (Å²) in [5.74, 6) is -0.957. The molecule has 0 saturated carbocycles. The van der Waals surface area contributed by atoms with Gasteiger partial charge in [0.15, 0.2) is 0 Å². The van der Waals surface area contributed by atoms with Gasteiger partial charge in [-0.1, -0.05) is 97.8 Å². The number of nitrogens with one attached hydrogen (secondary N) is 1. The molecule has 206 valence electrons. The molecule has 1 unspecified atom stereocenters. The second-order valence-corrected chi connectivity index (χ2v) is 10.1. The largest absolute Gasteiger partial charge is 0.464 e. The number of carbonyl (C=O) groups is 2. The van der Waals surface area contributed by atoms with Gasteiger partial charge < -0.3 is 10.1 Å². The summed E-state index contributed by atoms with van der Waals surface area (Å²) in [7, 11) is 0. The van der Waals surface area contributed by atoms with Gasteiger partial charge in [0.2, 0.25) is 0 Å². The highest BCUT2D eigenvalue weighted by Gasteiger charge is 2.30. The number of esters is 1. The van der Waals surface area contributed by atoms with Gasteiger partial charge in [-0.25, -0.2) is 4.79 Å². The Morgan fingerprint density at radius 1 is 0.806 bits per heavy atom. The lowest BCUT2D eigenvalue weighted by atomic mass is 10.0. The Morgan fingerprint density at radius 2 is 1.28 bits per heavy atom. The molecule has 7 heteroatoms. The van der Waals surface area contributed by atoms with Crippen LogP contribution in [0.25, 0.3) is 0 Å². The number of ether oxygens (including phenoxy) is 1. The van der Waals surface area contributed by atoms with Gasteiger partial charge in [-0.3, -0.25) is 4.79 Å². The molecule has 1 aromatic rings. The lowest BCUT2D eigenvalue weighted by Crippen LogP contribution is -2.42. The molecule has 1 atom stereocenters. The zero-order valence-corrected chi connectivity index (χ0v) is 22.4. The summed E-state index contributed by atoms with van der Waals surface area (Å²) in [6, 6.07) is 3.12. The summed E-state index contributed by atoms with van der Waals surface area (Å²) >= 11 is 0. The lowest BCUT2D eigenvalue weighted by molar-refractivity contribution is -0.146. The molecule has 1 rings (SSSR count). The van der Waals surface area contributed by atoms with E-state index in [0.29, 0.717) is 13.0 Å². The standard InChI is InChI=1S/C29H46F3NO3/c1-4-5-6-7-8-9-10-11-12-13-14-15-16-21-36-28(35)26(22-23(2)3)33-27(34)24-17-19-25(20-18-24)29(30,31)32/h17-20,23,26H,4-16,21-22H2,1-3H3,(H,33,34). The predicted octanol–water partition coefficient (Wildman–Crippen LogP) is 8.48. The van der Waals surface area contributed by atoms with Gasteiger partial charge in [0.25, 0.3) is 5.91 Å². The van der Waals surface area contributed by atoms with Crippen molar-refractivity contribution in [3.05, 3.63) is 35.4 Å². The van der Waals surface area contributed by atoms with E-state index in [-0.39, 0.29) is 11.5 Å². The van der Waals surface area contributed by atoms with Crippen molar-refractivity contribution in [2.45, 2.75) is 123 Å². The maximum Gasteiger partial charge on any atom is 0.416 e. The summed E-state index contributed by atoms with van der Waals surface area (Å²) in [6.07, 6.45) is 12.0. The average molecular weight is 514 g/mol. The first-order chi connectivity index (χ1) is 17.1. The Morgan fingerprint density at radius 3 is 1.72 bits per heavy atom. The third-order valence-electron chi connectivity index (χ3n) is 6.26. The quantitative estimate of drug-likeness (QED) is 0.149. The minimum absolute atomic E-state index is 0.0704. The van der Waals surface area contributed by atoms with Crippen molar-refractivity contribution in [3.63, 3.8) is 0 Å². The second-order valence-electron chi connectivity index (χ2n) is 10.1. The lowest BCUT2D eigenvalue weighted by Gasteiger charge is -2.19. The van der Waals surface area contributed by atoms with Crippen LogP contribution in [0.3, 0.4) is 0 Å². The Bertz CT molecular complexity index is 732. The van der Waals surface area contributed by atoms with E-state index in [1.165, 1.54) is 64.2 Å². The van der Waals surface area contributed by atoms with E-state index < -0.39 is 29.7 Å². The number of halogens is 3. The maximum atomic E-state index is 12.7. The van der Waals surface area contributed by atoms with Crippen molar-refractivity contribution in [2.24, 2.45) is 5.92 Å². The molecule has 1 N–H and O–H groups in total. The molecule has 0 radical (unpaired) electrons. The maximum absolute atomic E-state index is 12.7. The number of benzene rings is 1. The van der Waals surface area contributed by atoms with Gasteiger partial charge in [0.05, 0.1) is 12.2 Å². The van der Waals surface area contributed by atoms with E-state index in [2.05, 4.69) is 12.2 Å². The molecule has 36 heavy (non-hydrogen) atoms. The molecule has 0 spiro atoms. The zero-order chi connectivity index (χ0) is 26.8. The number of hydrogen-bond acceptors (Lipinski definition) is 3. The molecule has 0 bridgehead atoms. The van der Waals surface area contributed by atoms with Gasteiger partial charge in [-0.2, -0.15) is 13.2 Å². The molecule has 4 nitrogen and oxygen atoms in total. The van der Waals surface area contributed by atoms with Crippen LogP contribution in [0.5, 0.6) is 0 Å². The number of rotatable bonds is 19. The van der Waals surface area contributed by atoms with Crippen LogP contribution in [0.15, 0.2) is 24.3 Å². The summed E-state index contributed by atoms with van der Waals surface area (Å²) in [5.41, 5.74) is -0.754. The SMILES string of the molecule is CCCCCCCCCCCCCCCOC(=O)C(CC(C)C)NC(=O)c1ccc(C(F)(F)F)cc1. The number of hydrogen-bond donors (Lipinski definition) is 1. The minimum Gasteiger partial charge on any atom is -0.464 e. The van der Waals surface area contributed by atoms with Crippen LogP contribution in [0.4, 0.5) is 13.2 Å². The first-order valence-electron chi connectivity index (χ1n) is 13.8. The molecule has 0 saturated heterocycles. The molecule has 0 aliphatic rings. The van der Waals surface area contributed by atoms with Gasteiger partial charge in [0.1, 0.15) is 6.04 Å². The number of amides is 1. The van der Waals surface area contributed by atoms with Crippen LogP contribution in [-0.4, -0.2) is 24.5 Å². The average Bonchev–Trinajstić information content (AvgIpc) is 2.83. The molecule has 0 heterocycles. The van der Waals surface area contributed by atoms with E-state index >= 15 is 0 Å². The molecule has 0 aliphatic heterocycles. The summed E-state index contributed by atoms with van der Waals surface area (Å²) in [6.45, 7) is 6.40. The second kappa shape index (κ2) is 18.2. The normalized spacial score (nSPS) is 12.5. The third kappa shape index (κ3) is 14.5. The minimum atomic E-state index is -4.47.